The van der Waals surface area contributed by atoms with Crippen LogP contribution >= 0.6 is 11.3 Å². The number of carbonyl (C=O) groups excluding carboxylic acids is 2. The average molecular weight is 383 g/mol. The molecule has 1 aliphatic carbocycles. The predicted molar refractivity (Wildman–Crippen MR) is 109 cm³/mol. The van der Waals surface area contributed by atoms with E-state index < -0.39 is 5.54 Å². The molecule has 142 valence electrons. The molecule has 0 bridgehead atoms. The van der Waals surface area contributed by atoms with Crippen LogP contribution in [0.25, 0.3) is 0 Å². The first-order chi connectivity index (χ1) is 13.1. The third kappa shape index (κ3) is 3.53. The second-order valence-electron chi connectivity index (χ2n) is 7.75. The van der Waals surface area contributed by atoms with Crippen LogP contribution in [0, 0.1) is 0 Å². The number of nitrogens with one attached hydrogen (secondary N) is 1. The first-order valence-electron chi connectivity index (χ1n) is 9.83. The molecule has 1 atom stereocenters. The lowest BCUT2D eigenvalue weighted by molar-refractivity contribution is -0.154. The zero-order chi connectivity index (χ0) is 18.9. The second kappa shape index (κ2) is 7.47. The molecule has 2 aliphatic rings. The van der Waals surface area contributed by atoms with E-state index in [4.69, 9.17) is 0 Å². The van der Waals surface area contributed by atoms with Crippen LogP contribution in [0.1, 0.15) is 48.6 Å². The van der Waals surface area contributed by atoms with Gasteiger partial charge in [0.05, 0.1) is 0 Å². The Balaban J connectivity index is 1.43. The lowest BCUT2D eigenvalue weighted by Crippen LogP contribution is -2.66. The van der Waals surface area contributed by atoms with Gasteiger partial charge in [-0.05, 0) is 74.1 Å². The van der Waals surface area contributed by atoms with Gasteiger partial charge in [-0.1, -0.05) is 18.2 Å². The van der Waals surface area contributed by atoms with E-state index in [-0.39, 0.29) is 11.8 Å². The molecule has 1 aromatic heterocycles. The zero-order valence-electron chi connectivity index (χ0n) is 15.8. The highest BCUT2D eigenvalue weighted by molar-refractivity contribution is 7.09. The van der Waals surface area contributed by atoms with Gasteiger partial charge in [-0.2, -0.15) is 0 Å². The molecule has 1 aliphatic heterocycles. The lowest BCUT2D eigenvalue weighted by Gasteiger charge is -2.49. The van der Waals surface area contributed by atoms with Gasteiger partial charge in [-0.3, -0.25) is 9.59 Å². The summed E-state index contributed by atoms with van der Waals surface area (Å²) in [5, 5.41) is 5.17. The summed E-state index contributed by atoms with van der Waals surface area (Å²) >= 11 is 1.67. The number of hydrogen-bond acceptors (Lipinski definition) is 3. The summed E-state index contributed by atoms with van der Waals surface area (Å²) in [6.45, 7) is 2.56. The minimum absolute atomic E-state index is 0.0582. The van der Waals surface area contributed by atoms with E-state index in [9.17, 15) is 9.59 Å². The van der Waals surface area contributed by atoms with Crippen molar-refractivity contribution >= 4 is 28.8 Å². The minimum atomic E-state index is -0.732. The van der Waals surface area contributed by atoms with E-state index in [2.05, 4.69) is 17.4 Å². The highest BCUT2D eigenvalue weighted by Crippen LogP contribution is 2.34. The van der Waals surface area contributed by atoms with Crippen LogP contribution in [-0.4, -0.2) is 28.8 Å². The normalized spacial score (nSPS) is 21.3. The molecular formula is C22H26N2O2S. The van der Waals surface area contributed by atoms with Gasteiger partial charge in [0.15, 0.2) is 0 Å². The fourth-order valence-corrected chi connectivity index (χ4v) is 4.88. The molecule has 0 spiro atoms. The summed E-state index contributed by atoms with van der Waals surface area (Å²) in [5.41, 5.74) is 2.82. The number of hydrogen-bond donors (Lipinski definition) is 1. The van der Waals surface area contributed by atoms with Gasteiger partial charge in [0.1, 0.15) is 5.54 Å². The van der Waals surface area contributed by atoms with Crippen LogP contribution in [0.5, 0.6) is 0 Å². The molecule has 27 heavy (non-hydrogen) atoms. The molecule has 0 saturated carbocycles. The number of benzene rings is 1. The van der Waals surface area contributed by atoms with Crippen LogP contribution in [0.15, 0.2) is 35.7 Å². The van der Waals surface area contributed by atoms with E-state index in [1.54, 1.807) is 16.2 Å². The van der Waals surface area contributed by atoms with Crippen molar-refractivity contribution in [2.24, 2.45) is 0 Å². The van der Waals surface area contributed by atoms with Gasteiger partial charge < -0.3 is 10.2 Å². The molecule has 1 fully saturated rings. The first-order valence-corrected chi connectivity index (χ1v) is 10.7. The Labute approximate surface area is 164 Å². The summed E-state index contributed by atoms with van der Waals surface area (Å²) < 4.78 is 0. The number of carbonyl (C=O) groups is 2. The molecule has 4 nitrogen and oxygen atoms in total. The number of rotatable bonds is 5. The smallest absolute Gasteiger partial charge is 0.250 e. The number of fused-ring (bicyclic) bond motifs is 1. The van der Waals surface area contributed by atoms with Crippen LogP contribution < -0.4 is 5.32 Å². The molecule has 1 aromatic carbocycles. The third-order valence-corrected chi connectivity index (χ3v) is 6.95. The van der Waals surface area contributed by atoms with Crippen LogP contribution in [-0.2, 0) is 28.9 Å². The van der Waals surface area contributed by atoms with Crippen molar-refractivity contribution < 1.29 is 9.59 Å². The molecule has 1 N–H and O–H groups in total. The van der Waals surface area contributed by atoms with Crippen LogP contribution in [0.4, 0.5) is 5.69 Å². The number of anilines is 1. The van der Waals surface area contributed by atoms with Gasteiger partial charge in [-0.25, -0.2) is 0 Å². The number of aryl methyl sites for hydroxylation is 2. The molecular weight excluding hydrogens is 356 g/mol. The van der Waals surface area contributed by atoms with E-state index >= 15 is 0 Å². The highest BCUT2D eigenvalue weighted by atomic mass is 32.1. The summed E-state index contributed by atoms with van der Waals surface area (Å²) in [6, 6.07) is 10.2. The zero-order valence-corrected chi connectivity index (χ0v) is 16.6. The molecule has 4 rings (SSSR count). The quantitative estimate of drug-likeness (QED) is 0.843. The Morgan fingerprint density at radius 2 is 2.04 bits per heavy atom. The Morgan fingerprint density at radius 3 is 2.78 bits per heavy atom. The van der Waals surface area contributed by atoms with Crippen molar-refractivity contribution in [3.8, 4) is 0 Å². The molecule has 2 aromatic rings. The Kier molecular flexibility index (Phi) is 5.04. The SMILES string of the molecule is CC1(C(=O)Nc2cccc3c2CCCC3)CCN1C(=O)CCc1cccs1. The first kappa shape index (κ1) is 18.2. The molecule has 2 heterocycles. The summed E-state index contributed by atoms with van der Waals surface area (Å²) in [6.07, 6.45) is 6.42. The standard InChI is InChI=1S/C22H26N2O2S/c1-22(13-14-24(22)20(25)12-11-17-8-5-15-27-17)21(26)23-19-10-4-7-16-6-2-3-9-18(16)19/h4-5,7-8,10,15H,2-3,6,9,11-14H2,1H3,(H,23,26). The molecule has 2 amide bonds. The topological polar surface area (TPSA) is 49.4 Å². The third-order valence-electron chi connectivity index (χ3n) is 6.02. The van der Waals surface area contributed by atoms with E-state index in [0.29, 0.717) is 13.0 Å². The Hall–Kier alpha value is -2.14. The average Bonchev–Trinajstić information content (AvgIpc) is 3.19. The number of nitrogens with zero attached hydrogens (tertiary/aromatic N) is 1. The molecule has 1 saturated heterocycles. The maximum atomic E-state index is 13.0. The second-order valence-corrected chi connectivity index (χ2v) is 8.79. The molecule has 5 heteroatoms. The summed E-state index contributed by atoms with van der Waals surface area (Å²) in [4.78, 5) is 28.7. The van der Waals surface area contributed by atoms with Gasteiger partial charge in [-0.15, -0.1) is 11.3 Å². The monoisotopic (exact) mass is 382 g/mol. The molecule has 1 unspecified atom stereocenters. The van der Waals surface area contributed by atoms with Crippen molar-refractivity contribution in [2.75, 3.05) is 11.9 Å². The maximum Gasteiger partial charge on any atom is 0.250 e. The van der Waals surface area contributed by atoms with E-state index in [1.807, 2.05) is 30.5 Å². The van der Waals surface area contributed by atoms with Gasteiger partial charge in [0, 0.05) is 23.5 Å². The van der Waals surface area contributed by atoms with E-state index in [0.717, 1.165) is 31.4 Å². The largest absolute Gasteiger partial charge is 0.328 e. The fraction of sp³-hybridized carbons (Fsp3) is 0.455. The summed E-state index contributed by atoms with van der Waals surface area (Å²) in [7, 11) is 0. The van der Waals surface area contributed by atoms with Crippen molar-refractivity contribution in [1.82, 2.24) is 4.90 Å². The Morgan fingerprint density at radius 1 is 1.19 bits per heavy atom. The van der Waals surface area contributed by atoms with Crippen molar-refractivity contribution in [3.63, 3.8) is 0 Å². The van der Waals surface area contributed by atoms with Crippen LogP contribution in [0.2, 0.25) is 0 Å². The Bertz CT molecular complexity index is 846. The van der Waals surface area contributed by atoms with Crippen LogP contribution in [0.3, 0.4) is 0 Å². The lowest BCUT2D eigenvalue weighted by atomic mass is 9.84. The van der Waals surface area contributed by atoms with E-state index in [1.165, 1.54) is 28.8 Å². The maximum absolute atomic E-state index is 13.0. The van der Waals surface area contributed by atoms with Crippen molar-refractivity contribution in [2.45, 2.75) is 57.4 Å². The van der Waals surface area contributed by atoms with Gasteiger partial charge in [0.25, 0.3) is 0 Å². The van der Waals surface area contributed by atoms with Gasteiger partial charge >= 0.3 is 0 Å². The van der Waals surface area contributed by atoms with Crippen molar-refractivity contribution in [3.05, 3.63) is 51.7 Å². The number of likely N-dealkylation sites (tertiary alicyclic amines) is 1. The minimum Gasteiger partial charge on any atom is -0.328 e. The fourth-order valence-electron chi connectivity index (χ4n) is 4.17. The predicted octanol–water partition coefficient (Wildman–Crippen LogP) is 4.19. The summed E-state index contributed by atoms with van der Waals surface area (Å²) in [5.74, 6) is 0.0135. The van der Waals surface area contributed by atoms with Gasteiger partial charge in [0.2, 0.25) is 11.8 Å². The highest BCUT2D eigenvalue weighted by Gasteiger charge is 2.49. The molecule has 0 radical (unpaired) electrons. The number of thiophene rings is 1. The number of amides is 2. The van der Waals surface area contributed by atoms with Crippen molar-refractivity contribution in [1.29, 1.82) is 0 Å².